The van der Waals surface area contributed by atoms with Crippen LogP contribution < -0.4 is 5.32 Å². The number of amides is 1. The lowest BCUT2D eigenvalue weighted by molar-refractivity contribution is -0.115. The van der Waals surface area contributed by atoms with Crippen molar-refractivity contribution in [3.8, 4) is 6.07 Å². The van der Waals surface area contributed by atoms with Crippen molar-refractivity contribution in [3.05, 3.63) is 69.6 Å². The summed E-state index contributed by atoms with van der Waals surface area (Å²) in [7, 11) is 0. The second-order valence-corrected chi connectivity index (χ2v) is 6.54. The Labute approximate surface area is 144 Å². The van der Waals surface area contributed by atoms with Gasteiger partial charge in [-0.3, -0.25) is 4.79 Å². The van der Waals surface area contributed by atoms with E-state index in [1.807, 2.05) is 38.1 Å². The Balaban J connectivity index is 1.83. The van der Waals surface area contributed by atoms with Gasteiger partial charge >= 0.3 is 0 Å². The fourth-order valence-corrected chi connectivity index (χ4v) is 3.16. The van der Waals surface area contributed by atoms with Gasteiger partial charge in [0.1, 0.15) is 0 Å². The summed E-state index contributed by atoms with van der Waals surface area (Å²) >= 11 is 1.32. The van der Waals surface area contributed by atoms with Gasteiger partial charge in [-0.1, -0.05) is 29.8 Å². The highest BCUT2D eigenvalue weighted by Gasteiger charge is 2.23. The van der Waals surface area contributed by atoms with Crippen molar-refractivity contribution in [2.45, 2.75) is 13.8 Å². The summed E-state index contributed by atoms with van der Waals surface area (Å²) in [6.45, 7) is 4.04. The van der Waals surface area contributed by atoms with Crippen molar-refractivity contribution in [3.63, 3.8) is 0 Å². The van der Waals surface area contributed by atoms with E-state index in [1.165, 1.54) is 17.3 Å². The van der Waals surface area contributed by atoms with Crippen LogP contribution in [-0.4, -0.2) is 11.1 Å². The van der Waals surface area contributed by atoms with E-state index >= 15 is 0 Å². The highest BCUT2D eigenvalue weighted by molar-refractivity contribution is 8.18. The number of rotatable bonds is 2. The second-order valence-electron chi connectivity index (χ2n) is 5.51. The summed E-state index contributed by atoms with van der Waals surface area (Å²) in [4.78, 5) is 17.2. The standard InChI is InChI=1S/C19H15N3OS/c1-12-3-8-16(13(2)9-12)21-19-22-18(23)17(24-19)10-14-4-6-15(11-20)7-5-14/h3-10H,1-2H3,(H,21,22,23)/b17-10+. The number of aliphatic imine (C=N–C) groups is 1. The van der Waals surface area contributed by atoms with Crippen molar-refractivity contribution in [1.29, 1.82) is 5.26 Å². The summed E-state index contributed by atoms with van der Waals surface area (Å²) in [5.41, 5.74) is 4.57. The molecule has 1 fully saturated rings. The maximum absolute atomic E-state index is 12.1. The maximum atomic E-state index is 12.1. The zero-order chi connectivity index (χ0) is 17.1. The van der Waals surface area contributed by atoms with Gasteiger partial charge in [0.05, 0.1) is 22.2 Å². The Morgan fingerprint density at radius 3 is 2.58 bits per heavy atom. The predicted octanol–water partition coefficient (Wildman–Crippen LogP) is 4.07. The van der Waals surface area contributed by atoms with Crippen LogP contribution in [0.25, 0.3) is 6.08 Å². The summed E-state index contributed by atoms with van der Waals surface area (Å²) in [6, 6.07) is 15.2. The van der Waals surface area contributed by atoms with Gasteiger partial charge in [-0.25, -0.2) is 4.99 Å². The third kappa shape index (κ3) is 3.55. The lowest BCUT2D eigenvalue weighted by Crippen LogP contribution is -2.19. The molecule has 1 amide bonds. The monoisotopic (exact) mass is 333 g/mol. The van der Waals surface area contributed by atoms with Crippen molar-refractivity contribution in [1.82, 2.24) is 5.32 Å². The molecule has 2 aromatic rings. The second kappa shape index (κ2) is 6.73. The first-order chi connectivity index (χ1) is 11.5. The molecule has 1 saturated heterocycles. The molecule has 4 nitrogen and oxygen atoms in total. The number of aryl methyl sites for hydroxylation is 2. The van der Waals surface area contributed by atoms with E-state index in [0.29, 0.717) is 15.6 Å². The lowest BCUT2D eigenvalue weighted by atomic mass is 10.1. The molecule has 2 aromatic carbocycles. The summed E-state index contributed by atoms with van der Waals surface area (Å²) in [5, 5.41) is 12.2. The first kappa shape index (κ1) is 16.0. The van der Waals surface area contributed by atoms with E-state index in [4.69, 9.17) is 5.26 Å². The van der Waals surface area contributed by atoms with Crippen molar-refractivity contribution < 1.29 is 4.79 Å². The Bertz CT molecular complexity index is 905. The minimum absolute atomic E-state index is 0.159. The van der Waals surface area contributed by atoms with Crippen molar-refractivity contribution in [2.75, 3.05) is 0 Å². The van der Waals surface area contributed by atoms with Gasteiger partial charge in [0, 0.05) is 0 Å². The number of hydrogen-bond donors (Lipinski definition) is 1. The molecule has 1 aliphatic heterocycles. The number of carbonyl (C=O) groups excluding carboxylic acids is 1. The van der Waals surface area contributed by atoms with Crippen LogP contribution in [0.4, 0.5) is 5.69 Å². The van der Waals surface area contributed by atoms with Crippen LogP contribution in [0.5, 0.6) is 0 Å². The largest absolute Gasteiger partial charge is 0.300 e. The third-order valence-electron chi connectivity index (χ3n) is 3.56. The van der Waals surface area contributed by atoms with E-state index in [9.17, 15) is 4.79 Å². The number of benzene rings is 2. The molecular weight excluding hydrogens is 318 g/mol. The van der Waals surface area contributed by atoms with E-state index in [0.717, 1.165) is 16.8 Å². The van der Waals surface area contributed by atoms with Crippen LogP contribution in [0.2, 0.25) is 0 Å². The van der Waals surface area contributed by atoms with Crippen molar-refractivity contribution in [2.24, 2.45) is 4.99 Å². The first-order valence-corrected chi connectivity index (χ1v) is 8.24. The number of thioether (sulfide) groups is 1. The zero-order valence-corrected chi connectivity index (χ0v) is 14.1. The van der Waals surface area contributed by atoms with Gasteiger partial charge in [0.15, 0.2) is 5.17 Å². The van der Waals surface area contributed by atoms with E-state index in [1.54, 1.807) is 18.2 Å². The molecule has 24 heavy (non-hydrogen) atoms. The molecule has 0 radical (unpaired) electrons. The molecule has 3 rings (SSSR count). The highest BCUT2D eigenvalue weighted by atomic mass is 32.2. The number of nitrogens with zero attached hydrogens (tertiary/aromatic N) is 2. The molecule has 0 aromatic heterocycles. The first-order valence-electron chi connectivity index (χ1n) is 7.42. The average molecular weight is 333 g/mol. The molecule has 0 unspecified atom stereocenters. The molecule has 0 atom stereocenters. The van der Waals surface area contributed by atoms with Crippen LogP contribution in [0.3, 0.4) is 0 Å². The van der Waals surface area contributed by atoms with Gasteiger partial charge in [-0.2, -0.15) is 5.26 Å². The Morgan fingerprint density at radius 2 is 1.92 bits per heavy atom. The molecule has 0 bridgehead atoms. The molecule has 1 aliphatic rings. The summed E-state index contributed by atoms with van der Waals surface area (Å²) in [5.74, 6) is -0.159. The molecule has 1 heterocycles. The van der Waals surface area contributed by atoms with Crippen molar-refractivity contribution >= 4 is 34.6 Å². The van der Waals surface area contributed by atoms with E-state index < -0.39 is 0 Å². The maximum Gasteiger partial charge on any atom is 0.264 e. The summed E-state index contributed by atoms with van der Waals surface area (Å²) < 4.78 is 0. The lowest BCUT2D eigenvalue weighted by Gasteiger charge is -2.02. The van der Waals surface area contributed by atoms with Crippen LogP contribution >= 0.6 is 11.8 Å². The molecule has 118 valence electrons. The quantitative estimate of drug-likeness (QED) is 0.843. The van der Waals surface area contributed by atoms with Gasteiger partial charge in [-0.05, 0) is 61.0 Å². The molecule has 1 N–H and O–H groups in total. The number of amidine groups is 1. The van der Waals surface area contributed by atoms with Gasteiger partial charge in [0.2, 0.25) is 0 Å². The Hall–Kier alpha value is -2.84. The SMILES string of the molecule is Cc1ccc(N=C2NC(=O)/C(=C\c3ccc(C#N)cc3)S2)c(C)c1. The van der Waals surface area contributed by atoms with Gasteiger partial charge in [0.25, 0.3) is 5.91 Å². The third-order valence-corrected chi connectivity index (χ3v) is 4.47. The Morgan fingerprint density at radius 1 is 1.17 bits per heavy atom. The molecule has 0 aliphatic carbocycles. The number of hydrogen-bond acceptors (Lipinski definition) is 4. The van der Waals surface area contributed by atoms with Crippen LogP contribution in [0.1, 0.15) is 22.3 Å². The molecule has 0 saturated carbocycles. The predicted molar refractivity (Wildman–Crippen MR) is 97.9 cm³/mol. The summed E-state index contributed by atoms with van der Waals surface area (Å²) in [6.07, 6.45) is 1.80. The normalized spacial score (nSPS) is 17.1. The molecular formula is C19H15N3OS. The minimum Gasteiger partial charge on any atom is -0.300 e. The fourth-order valence-electron chi connectivity index (χ4n) is 2.33. The van der Waals surface area contributed by atoms with Crippen LogP contribution in [-0.2, 0) is 4.79 Å². The minimum atomic E-state index is -0.159. The molecule has 0 spiro atoms. The average Bonchev–Trinajstić information content (AvgIpc) is 2.90. The number of nitriles is 1. The number of carbonyl (C=O) groups is 1. The topological polar surface area (TPSA) is 65.2 Å². The smallest absolute Gasteiger partial charge is 0.264 e. The number of nitrogens with one attached hydrogen (secondary N) is 1. The fraction of sp³-hybridized carbons (Fsp3) is 0.105. The van der Waals surface area contributed by atoms with E-state index in [-0.39, 0.29) is 5.91 Å². The van der Waals surface area contributed by atoms with Crippen LogP contribution in [0.15, 0.2) is 52.4 Å². The van der Waals surface area contributed by atoms with Crippen LogP contribution in [0, 0.1) is 25.2 Å². The van der Waals surface area contributed by atoms with Gasteiger partial charge < -0.3 is 5.32 Å². The van der Waals surface area contributed by atoms with Gasteiger partial charge in [-0.15, -0.1) is 0 Å². The Kier molecular flexibility index (Phi) is 4.50. The van der Waals surface area contributed by atoms with E-state index in [2.05, 4.69) is 22.4 Å². The highest BCUT2D eigenvalue weighted by Crippen LogP contribution is 2.29. The molecule has 5 heteroatoms. The zero-order valence-electron chi connectivity index (χ0n) is 13.3.